The predicted octanol–water partition coefficient (Wildman–Crippen LogP) is 22.5. The van der Waals surface area contributed by atoms with Crippen molar-refractivity contribution in [2.45, 2.75) is 367 Å². The Bertz CT molecular complexity index is 1400. The first-order valence-corrected chi connectivity index (χ1v) is 36.6. The molecular formula is C70H137NO8P+. The molecule has 0 spiro atoms. The van der Waals surface area contributed by atoms with Crippen LogP contribution in [0.2, 0.25) is 0 Å². The van der Waals surface area contributed by atoms with Crippen LogP contribution in [0.15, 0.2) is 24.3 Å². The molecule has 0 saturated heterocycles. The SMILES string of the molecule is CCCCCCC/C=C\C/C=C\CCCCCCCCCCCCCCCCCC(=O)OC(COC(=O)CCCCCCCCCCCCCCCCCCCCCCCCCCCCCCC)COP(=O)(O)OCC[N+](C)(C)C. The number of nitrogens with zero attached hydrogens (tertiary/aromatic N) is 1. The Morgan fingerprint density at radius 2 is 0.675 bits per heavy atom. The topological polar surface area (TPSA) is 108 Å². The smallest absolute Gasteiger partial charge is 0.462 e. The number of rotatable bonds is 66. The number of likely N-dealkylation sites (N-methyl/N-ethyl adjacent to an activating group) is 1. The number of carbonyl (C=O) groups is 2. The summed E-state index contributed by atoms with van der Waals surface area (Å²) in [6, 6.07) is 0. The van der Waals surface area contributed by atoms with Crippen molar-refractivity contribution in [1.29, 1.82) is 0 Å². The summed E-state index contributed by atoms with van der Waals surface area (Å²) < 4.78 is 34.7. The Labute approximate surface area is 498 Å². The molecule has 0 aromatic rings. The molecule has 0 radical (unpaired) electrons. The van der Waals surface area contributed by atoms with Crippen molar-refractivity contribution in [3.05, 3.63) is 24.3 Å². The first kappa shape index (κ1) is 78.5. The van der Waals surface area contributed by atoms with Crippen molar-refractivity contribution in [3.8, 4) is 0 Å². The zero-order valence-electron chi connectivity index (χ0n) is 54.1. The lowest BCUT2D eigenvalue weighted by Crippen LogP contribution is -2.37. The van der Waals surface area contributed by atoms with Crippen LogP contribution in [0.3, 0.4) is 0 Å². The second-order valence-electron chi connectivity index (χ2n) is 25.3. The molecule has 1 N–H and O–H groups in total. The highest BCUT2D eigenvalue weighted by Crippen LogP contribution is 2.43. The molecule has 0 aromatic carbocycles. The number of quaternary nitrogens is 1. The molecule has 0 fully saturated rings. The molecule has 2 unspecified atom stereocenters. The van der Waals surface area contributed by atoms with Gasteiger partial charge in [-0.25, -0.2) is 4.57 Å². The number of esters is 2. The Hall–Kier alpha value is -1.51. The molecule has 80 heavy (non-hydrogen) atoms. The third-order valence-electron chi connectivity index (χ3n) is 16.0. The second kappa shape index (κ2) is 62.0. The third-order valence-corrected chi connectivity index (χ3v) is 17.0. The monoisotopic (exact) mass is 1150 g/mol. The van der Waals surface area contributed by atoms with Gasteiger partial charge < -0.3 is 18.9 Å². The maximum absolute atomic E-state index is 12.9. The number of phosphoric ester groups is 1. The molecule has 0 aliphatic heterocycles. The van der Waals surface area contributed by atoms with Crippen LogP contribution in [-0.4, -0.2) is 74.9 Å². The minimum Gasteiger partial charge on any atom is -0.462 e. The van der Waals surface area contributed by atoms with E-state index in [0.717, 1.165) is 38.5 Å². The number of unbranched alkanes of at least 4 members (excludes halogenated alkanes) is 48. The van der Waals surface area contributed by atoms with Crippen LogP contribution in [0.1, 0.15) is 361 Å². The molecule has 0 saturated carbocycles. The molecule has 474 valence electrons. The van der Waals surface area contributed by atoms with Gasteiger partial charge in [0.1, 0.15) is 19.8 Å². The number of phosphoric acid groups is 1. The summed E-state index contributed by atoms with van der Waals surface area (Å²) in [5.41, 5.74) is 0. The lowest BCUT2D eigenvalue weighted by atomic mass is 10.0. The maximum atomic E-state index is 12.9. The molecule has 9 nitrogen and oxygen atoms in total. The fourth-order valence-corrected chi connectivity index (χ4v) is 11.3. The number of hydrogen-bond donors (Lipinski definition) is 1. The van der Waals surface area contributed by atoms with Crippen LogP contribution in [0, 0.1) is 0 Å². The minimum absolute atomic E-state index is 0.0352. The van der Waals surface area contributed by atoms with E-state index in [-0.39, 0.29) is 25.6 Å². The van der Waals surface area contributed by atoms with Gasteiger partial charge in [0, 0.05) is 12.8 Å². The van der Waals surface area contributed by atoms with E-state index in [0.29, 0.717) is 23.9 Å². The van der Waals surface area contributed by atoms with Crippen LogP contribution in [0.4, 0.5) is 0 Å². The molecule has 0 rings (SSSR count). The summed E-state index contributed by atoms with van der Waals surface area (Å²) in [7, 11) is 1.50. The van der Waals surface area contributed by atoms with E-state index in [1.54, 1.807) is 0 Å². The lowest BCUT2D eigenvalue weighted by molar-refractivity contribution is -0.870. The van der Waals surface area contributed by atoms with Gasteiger partial charge in [-0.15, -0.1) is 0 Å². The Kier molecular flexibility index (Phi) is 60.9. The van der Waals surface area contributed by atoms with Gasteiger partial charge in [-0.05, 0) is 44.9 Å². The Morgan fingerprint density at radius 1 is 0.388 bits per heavy atom. The van der Waals surface area contributed by atoms with E-state index >= 15 is 0 Å². The quantitative estimate of drug-likeness (QED) is 0.0211. The van der Waals surface area contributed by atoms with Crippen LogP contribution < -0.4 is 0 Å². The Balaban J connectivity index is 3.99. The molecule has 0 aliphatic carbocycles. The first-order chi connectivity index (χ1) is 39.0. The summed E-state index contributed by atoms with van der Waals surface area (Å²) in [5.74, 6) is -0.774. The molecule has 0 heterocycles. The van der Waals surface area contributed by atoms with E-state index < -0.39 is 26.5 Å². The number of hydrogen-bond acceptors (Lipinski definition) is 7. The molecule has 0 bridgehead atoms. The molecule has 2 atom stereocenters. The molecule has 10 heteroatoms. The largest absolute Gasteiger partial charge is 0.472 e. The van der Waals surface area contributed by atoms with E-state index in [4.69, 9.17) is 18.5 Å². The minimum atomic E-state index is -4.39. The van der Waals surface area contributed by atoms with E-state index in [1.165, 1.54) is 289 Å². The number of carbonyl (C=O) groups excluding carboxylic acids is 2. The van der Waals surface area contributed by atoms with Gasteiger partial charge >= 0.3 is 19.8 Å². The molecule has 0 aromatic heterocycles. The van der Waals surface area contributed by atoms with Gasteiger partial charge in [-0.2, -0.15) is 0 Å². The van der Waals surface area contributed by atoms with E-state index in [9.17, 15) is 19.0 Å². The van der Waals surface area contributed by atoms with Gasteiger partial charge in [-0.3, -0.25) is 18.6 Å². The standard InChI is InChI=1S/C70H136NO8P/c1-6-8-10-12-14-16-18-20-22-24-26-28-30-32-34-35-37-38-40-42-44-46-48-50-52-54-56-58-60-62-69(72)76-66-68(67-78-80(74,75)77-65-64-71(3,4)5)79-70(73)63-61-59-57-55-53-51-49-47-45-43-41-39-36-33-31-29-27-25-23-21-19-17-15-13-11-9-7-2/h19,21,25,27,68H,6-18,20,22-24,26,28-67H2,1-5H3/p+1/b21-19-,27-25-. The highest BCUT2D eigenvalue weighted by atomic mass is 31.2. The van der Waals surface area contributed by atoms with Gasteiger partial charge in [-0.1, -0.05) is 327 Å². The normalized spacial score (nSPS) is 13.2. The maximum Gasteiger partial charge on any atom is 0.472 e. The first-order valence-electron chi connectivity index (χ1n) is 35.1. The third kappa shape index (κ3) is 65.6. The van der Waals surface area contributed by atoms with Gasteiger partial charge in [0.2, 0.25) is 0 Å². The highest BCUT2D eigenvalue weighted by Gasteiger charge is 2.27. The molecule has 0 aliphatic rings. The fraction of sp³-hybridized carbons (Fsp3) is 0.914. The molecular weight excluding hydrogens is 1010 g/mol. The average molecular weight is 1150 g/mol. The summed E-state index contributed by atoms with van der Waals surface area (Å²) in [4.78, 5) is 35.9. The van der Waals surface area contributed by atoms with E-state index in [2.05, 4.69) is 38.2 Å². The highest BCUT2D eigenvalue weighted by molar-refractivity contribution is 7.47. The lowest BCUT2D eigenvalue weighted by Gasteiger charge is -2.24. The van der Waals surface area contributed by atoms with Gasteiger partial charge in [0.05, 0.1) is 27.7 Å². The van der Waals surface area contributed by atoms with Crippen LogP contribution >= 0.6 is 7.82 Å². The van der Waals surface area contributed by atoms with Crippen LogP contribution in [0.25, 0.3) is 0 Å². The van der Waals surface area contributed by atoms with Crippen molar-refractivity contribution >= 4 is 19.8 Å². The van der Waals surface area contributed by atoms with Gasteiger partial charge in [0.25, 0.3) is 0 Å². The fourth-order valence-electron chi connectivity index (χ4n) is 10.6. The van der Waals surface area contributed by atoms with Crippen molar-refractivity contribution in [3.63, 3.8) is 0 Å². The number of allylic oxidation sites excluding steroid dienone is 4. The molecule has 0 amide bonds. The second-order valence-corrected chi connectivity index (χ2v) is 26.7. The van der Waals surface area contributed by atoms with Gasteiger partial charge in [0.15, 0.2) is 6.10 Å². The van der Waals surface area contributed by atoms with Crippen molar-refractivity contribution < 1.29 is 42.1 Å². The van der Waals surface area contributed by atoms with Crippen molar-refractivity contribution in [2.75, 3.05) is 47.5 Å². The Morgan fingerprint density at radius 3 is 0.988 bits per heavy atom. The predicted molar refractivity (Wildman–Crippen MR) is 344 cm³/mol. The zero-order valence-corrected chi connectivity index (χ0v) is 55.0. The summed E-state index contributed by atoms with van der Waals surface area (Å²) in [5, 5.41) is 0. The summed E-state index contributed by atoms with van der Waals surface area (Å²) >= 11 is 0. The van der Waals surface area contributed by atoms with E-state index in [1.807, 2.05) is 21.1 Å². The summed E-state index contributed by atoms with van der Waals surface area (Å²) in [6.45, 7) is 4.50. The zero-order chi connectivity index (χ0) is 58.4. The summed E-state index contributed by atoms with van der Waals surface area (Å²) in [6.07, 6.45) is 77.1. The number of ether oxygens (including phenoxy) is 2. The van der Waals surface area contributed by atoms with Crippen LogP contribution in [0.5, 0.6) is 0 Å². The van der Waals surface area contributed by atoms with Crippen molar-refractivity contribution in [1.82, 2.24) is 0 Å². The average Bonchev–Trinajstić information content (AvgIpc) is 3.42. The van der Waals surface area contributed by atoms with Crippen LogP contribution in [-0.2, 0) is 32.7 Å². The van der Waals surface area contributed by atoms with Crippen molar-refractivity contribution in [2.24, 2.45) is 0 Å².